The van der Waals surface area contributed by atoms with Crippen molar-refractivity contribution in [3.8, 4) is 0 Å². The van der Waals surface area contributed by atoms with Crippen LogP contribution in [-0.2, 0) is 0 Å². The Hall–Kier alpha value is -0.330. The van der Waals surface area contributed by atoms with E-state index in [2.05, 4.69) is 6.08 Å². The molecule has 3 fully saturated rings. The molecule has 0 heterocycles. The largest absolute Gasteiger partial charge is 0.244 e. The van der Waals surface area contributed by atoms with Crippen molar-refractivity contribution in [2.45, 2.75) is 37.8 Å². The number of fused-ring (bicyclic) bond motifs is 9. The Balaban J connectivity index is 1.87. The molecule has 0 spiro atoms. The average molecular weight is 178 g/mol. The van der Waals surface area contributed by atoms with Gasteiger partial charge in [0.25, 0.3) is 0 Å². The van der Waals surface area contributed by atoms with Crippen LogP contribution in [0.1, 0.15) is 32.1 Å². The monoisotopic (exact) mass is 178 g/mol. The van der Waals surface area contributed by atoms with E-state index < -0.39 is 5.67 Å². The van der Waals surface area contributed by atoms with Gasteiger partial charge in [-0.05, 0) is 49.9 Å². The molecule has 4 aliphatic carbocycles. The van der Waals surface area contributed by atoms with Crippen molar-refractivity contribution in [1.82, 2.24) is 0 Å². The van der Waals surface area contributed by atoms with Crippen molar-refractivity contribution < 1.29 is 4.39 Å². The van der Waals surface area contributed by atoms with Crippen LogP contribution in [0.3, 0.4) is 0 Å². The van der Waals surface area contributed by atoms with Crippen molar-refractivity contribution in [2.24, 2.45) is 23.7 Å². The summed E-state index contributed by atoms with van der Waals surface area (Å²) in [6, 6.07) is 0. The fourth-order valence-electron chi connectivity index (χ4n) is 4.86. The van der Waals surface area contributed by atoms with Gasteiger partial charge < -0.3 is 0 Å². The van der Waals surface area contributed by atoms with Crippen molar-refractivity contribution in [3.05, 3.63) is 11.6 Å². The maximum absolute atomic E-state index is 14.5. The lowest BCUT2D eigenvalue weighted by Gasteiger charge is -2.34. The molecule has 1 heteroatoms. The smallest absolute Gasteiger partial charge is 0.115 e. The van der Waals surface area contributed by atoms with Crippen LogP contribution in [0.15, 0.2) is 11.6 Å². The molecule has 5 unspecified atom stereocenters. The van der Waals surface area contributed by atoms with Crippen LogP contribution in [0.4, 0.5) is 4.39 Å². The van der Waals surface area contributed by atoms with Crippen molar-refractivity contribution in [2.75, 3.05) is 0 Å². The summed E-state index contributed by atoms with van der Waals surface area (Å²) < 4.78 is 14.5. The molecule has 0 aromatic heterocycles. The van der Waals surface area contributed by atoms with Crippen molar-refractivity contribution >= 4 is 0 Å². The summed E-state index contributed by atoms with van der Waals surface area (Å²) in [4.78, 5) is 0. The van der Waals surface area contributed by atoms with Crippen molar-refractivity contribution in [3.63, 3.8) is 0 Å². The highest BCUT2D eigenvalue weighted by atomic mass is 19.1. The molecule has 5 atom stereocenters. The van der Waals surface area contributed by atoms with E-state index in [0.29, 0.717) is 17.8 Å². The first-order chi connectivity index (χ1) is 6.28. The Kier molecular flexibility index (Phi) is 1.01. The zero-order valence-electron chi connectivity index (χ0n) is 7.80. The van der Waals surface area contributed by atoms with Gasteiger partial charge in [-0.1, -0.05) is 11.6 Å². The van der Waals surface area contributed by atoms with E-state index in [0.717, 1.165) is 18.8 Å². The quantitative estimate of drug-likeness (QED) is 0.395. The molecule has 4 aliphatic rings. The highest BCUT2D eigenvalue weighted by Gasteiger charge is 2.64. The standard InChI is InChI=1S/C12H15F/c13-12-4-3-9(6-12)10-7-1-2-8(5-7)11(10)12/h1,8-11H,2-6H2. The third-order valence-electron chi connectivity index (χ3n) is 5.14. The molecule has 4 bridgehead atoms. The second-order valence-corrected chi connectivity index (χ2v) is 5.57. The Morgan fingerprint density at radius 2 is 2.31 bits per heavy atom. The predicted octanol–water partition coefficient (Wildman–Crippen LogP) is 3.09. The first-order valence-electron chi connectivity index (χ1n) is 5.66. The highest BCUT2D eigenvalue weighted by molar-refractivity contribution is 5.31. The summed E-state index contributed by atoms with van der Waals surface area (Å²) in [6.45, 7) is 0. The van der Waals surface area contributed by atoms with Crippen LogP contribution in [0.5, 0.6) is 0 Å². The highest BCUT2D eigenvalue weighted by Crippen LogP contribution is 2.68. The van der Waals surface area contributed by atoms with E-state index >= 15 is 0 Å². The molecule has 0 N–H and O–H groups in total. The molecule has 4 rings (SSSR count). The van der Waals surface area contributed by atoms with Gasteiger partial charge in [0.15, 0.2) is 0 Å². The van der Waals surface area contributed by atoms with Crippen LogP contribution in [-0.4, -0.2) is 5.67 Å². The topological polar surface area (TPSA) is 0 Å². The van der Waals surface area contributed by atoms with Gasteiger partial charge in [-0.15, -0.1) is 0 Å². The molecule has 0 aromatic rings. The minimum atomic E-state index is -0.726. The van der Waals surface area contributed by atoms with Gasteiger partial charge in [-0.25, -0.2) is 4.39 Å². The number of halogens is 1. The van der Waals surface area contributed by atoms with Gasteiger partial charge in [0.1, 0.15) is 5.67 Å². The second-order valence-electron chi connectivity index (χ2n) is 5.57. The molecular formula is C12H15F. The number of allylic oxidation sites excluding steroid dienone is 2. The van der Waals surface area contributed by atoms with Gasteiger partial charge in [0, 0.05) is 5.92 Å². The van der Waals surface area contributed by atoms with E-state index in [4.69, 9.17) is 0 Å². The van der Waals surface area contributed by atoms with Gasteiger partial charge in [0.2, 0.25) is 0 Å². The second kappa shape index (κ2) is 1.87. The van der Waals surface area contributed by atoms with Crippen LogP contribution in [0, 0.1) is 23.7 Å². The van der Waals surface area contributed by atoms with E-state index in [1.165, 1.54) is 19.3 Å². The fourth-order valence-corrected chi connectivity index (χ4v) is 4.86. The van der Waals surface area contributed by atoms with E-state index in [1.54, 1.807) is 5.57 Å². The molecule has 0 amide bonds. The average Bonchev–Trinajstić information content (AvgIpc) is 2.76. The summed E-state index contributed by atoms with van der Waals surface area (Å²) in [7, 11) is 0. The van der Waals surface area contributed by atoms with E-state index in [-0.39, 0.29) is 0 Å². The zero-order chi connectivity index (χ0) is 8.63. The number of rotatable bonds is 0. The molecule has 0 nitrogen and oxygen atoms in total. The number of hydrogen-bond acceptors (Lipinski definition) is 0. The summed E-state index contributed by atoms with van der Waals surface area (Å²) in [5.41, 5.74) is 0.912. The van der Waals surface area contributed by atoms with Gasteiger partial charge in [-0.2, -0.15) is 0 Å². The molecule has 0 aromatic carbocycles. The lowest BCUT2D eigenvalue weighted by Crippen LogP contribution is -2.35. The Bertz CT molecular complexity index is 306. The first-order valence-corrected chi connectivity index (χ1v) is 5.66. The molecule has 0 aliphatic heterocycles. The van der Waals surface area contributed by atoms with Crippen molar-refractivity contribution in [1.29, 1.82) is 0 Å². The lowest BCUT2D eigenvalue weighted by molar-refractivity contribution is 0.0605. The number of hydrogen-bond donors (Lipinski definition) is 0. The molecule has 0 radical (unpaired) electrons. The van der Waals surface area contributed by atoms with Crippen LogP contribution < -0.4 is 0 Å². The number of alkyl halides is 1. The summed E-state index contributed by atoms with van der Waals surface area (Å²) in [5, 5.41) is 0. The third kappa shape index (κ3) is 0.628. The van der Waals surface area contributed by atoms with E-state index in [1.807, 2.05) is 0 Å². The van der Waals surface area contributed by atoms with Crippen LogP contribution >= 0.6 is 0 Å². The summed E-state index contributed by atoms with van der Waals surface area (Å²) in [5.74, 6) is 2.57. The normalized spacial score (nSPS) is 61.5. The zero-order valence-corrected chi connectivity index (χ0v) is 7.80. The molecule has 70 valence electrons. The minimum Gasteiger partial charge on any atom is -0.244 e. The maximum atomic E-state index is 14.5. The third-order valence-corrected chi connectivity index (χ3v) is 5.14. The lowest BCUT2D eigenvalue weighted by atomic mass is 9.73. The van der Waals surface area contributed by atoms with E-state index in [9.17, 15) is 4.39 Å². The molecule has 0 saturated heterocycles. The van der Waals surface area contributed by atoms with Crippen LogP contribution in [0.2, 0.25) is 0 Å². The Labute approximate surface area is 78.2 Å². The molecule has 3 saturated carbocycles. The maximum Gasteiger partial charge on any atom is 0.115 e. The summed E-state index contributed by atoms with van der Waals surface area (Å²) >= 11 is 0. The van der Waals surface area contributed by atoms with Gasteiger partial charge in [-0.3, -0.25) is 0 Å². The summed E-state index contributed by atoms with van der Waals surface area (Å²) in [6.07, 6.45) is 7.79. The predicted molar refractivity (Wildman–Crippen MR) is 49.0 cm³/mol. The fraction of sp³-hybridized carbons (Fsp3) is 0.833. The molecular weight excluding hydrogens is 163 g/mol. The van der Waals surface area contributed by atoms with Gasteiger partial charge >= 0.3 is 0 Å². The molecule has 13 heavy (non-hydrogen) atoms. The van der Waals surface area contributed by atoms with Crippen LogP contribution in [0.25, 0.3) is 0 Å². The van der Waals surface area contributed by atoms with Gasteiger partial charge in [0.05, 0.1) is 0 Å². The Morgan fingerprint density at radius 3 is 3.15 bits per heavy atom. The minimum absolute atomic E-state index is 0.450. The SMILES string of the molecule is FC12CCC(C1)C1C3=CCC(C3)C12. The first kappa shape index (κ1) is 7.03. The Morgan fingerprint density at radius 1 is 1.38 bits per heavy atom.